The fourth-order valence-corrected chi connectivity index (χ4v) is 6.23. The van der Waals surface area contributed by atoms with Gasteiger partial charge in [-0.25, -0.2) is 13.1 Å². The molecule has 0 atom stereocenters. The normalized spacial score (nSPS) is 20.2. The van der Waals surface area contributed by atoms with Gasteiger partial charge in [-0.2, -0.15) is 0 Å². The number of sulfonamides is 1. The standard InChI is InChI=1S/C26H35N5O3S/c1-27-35(33,34)18-9-10-24-21(16-18)22(26(32)29-24)17-25-20(19-6-3-4-8-23(19)28-25)7-5-11-31-14-12-30(2)13-15-31/h9-10,16-17,27-28H,3-8,11-15H2,1-2H3,(H,29,32)/b22-17+. The van der Waals surface area contributed by atoms with Crippen molar-refractivity contribution in [1.82, 2.24) is 19.5 Å². The van der Waals surface area contributed by atoms with Crippen LogP contribution in [0.2, 0.25) is 0 Å². The number of anilines is 1. The summed E-state index contributed by atoms with van der Waals surface area (Å²) in [7, 11) is -0.0343. The van der Waals surface area contributed by atoms with E-state index in [1.54, 1.807) is 12.1 Å². The minimum Gasteiger partial charge on any atom is -0.358 e. The third-order valence-corrected chi connectivity index (χ3v) is 8.99. The molecule has 2 aromatic rings. The van der Waals surface area contributed by atoms with Crippen molar-refractivity contribution in [1.29, 1.82) is 0 Å². The Morgan fingerprint density at radius 3 is 2.66 bits per heavy atom. The number of H-pyrrole nitrogens is 1. The fraction of sp³-hybridized carbons (Fsp3) is 0.500. The SMILES string of the molecule is CNS(=O)(=O)c1ccc2c(c1)/C(=C\c1[nH]c3c(c1CCCN1CCN(C)CC1)CCCC3)C(=O)N2. The van der Waals surface area contributed by atoms with Crippen LogP contribution in [0.1, 0.15) is 47.3 Å². The van der Waals surface area contributed by atoms with Crippen molar-refractivity contribution < 1.29 is 13.2 Å². The van der Waals surface area contributed by atoms with Gasteiger partial charge in [0.2, 0.25) is 10.0 Å². The Kier molecular flexibility index (Phi) is 6.85. The molecule has 188 valence electrons. The number of hydrogen-bond acceptors (Lipinski definition) is 5. The van der Waals surface area contributed by atoms with Crippen LogP contribution in [0.3, 0.4) is 0 Å². The highest BCUT2D eigenvalue weighted by molar-refractivity contribution is 7.89. The van der Waals surface area contributed by atoms with Crippen LogP contribution in [-0.4, -0.2) is 75.9 Å². The second-order valence-electron chi connectivity index (χ2n) is 9.86. The molecular weight excluding hydrogens is 462 g/mol. The van der Waals surface area contributed by atoms with E-state index >= 15 is 0 Å². The number of aromatic nitrogens is 1. The number of nitrogens with one attached hydrogen (secondary N) is 3. The van der Waals surface area contributed by atoms with Gasteiger partial charge in [0.25, 0.3) is 5.91 Å². The monoisotopic (exact) mass is 497 g/mol. The lowest BCUT2D eigenvalue weighted by atomic mass is 9.92. The van der Waals surface area contributed by atoms with Crippen molar-refractivity contribution in [3.63, 3.8) is 0 Å². The lowest BCUT2D eigenvalue weighted by molar-refractivity contribution is -0.110. The van der Waals surface area contributed by atoms with Crippen LogP contribution in [-0.2, 0) is 34.1 Å². The van der Waals surface area contributed by atoms with E-state index < -0.39 is 10.0 Å². The van der Waals surface area contributed by atoms with Crippen molar-refractivity contribution in [3.05, 3.63) is 46.3 Å². The third kappa shape index (κ3) is 4.95. The molecule has 9 heteroatoms. The molecule has 3 heterocycles. The van der Waals surface area contributed by atoms with E-state index in [2.05, 4.69) is 31.9 Å². The summed E-state index contributed by atoms with van der Waals surface area (Å²) in [5.41, 5.74) is 6.81. The molecule has 0 radical (unpaired) electrons. The molecule has 1 amide bonds. The number of piperazine rings is 1. The summed E-state index contributed by atoms with van der Waals surface area (Å²) in [6, 6.07) is 4.76. The molecule has 1 aromatic heterocycles. The maximum Gasteiger partial charge on any atom is 0.256 e. The molecule has 1 aromatic carbocycles. The number of aromatic amines is 1. The summed E-state index contributed by atoms with van der Waals surface area (Å²) >= 11 is 0. The van der Waals surface area contributed by atoms with Gasteiger partial charge in [-0.15, -0.1) is 0 Å². The zero-order valence-electron chi connectivity index (χ0n) is 20.6. The van der Waals surface area contributed by atoms with Crippen molar-refractivity contribution in [2.75, 3.05) is 52.1 Å². The van der Waals surface area contributed by atoms with Crippen LogP contribution in [0.25, 0.3) is 11.6 Å². The third-order valence-electron chi connectivity index (χ3n) is 7.58. The number of amides is 1. The summed E-state index contributed by atoms with van der Waals surface area (Å²) in [5, 5.41) is 2.89. The van der Waals surface area contributed by atoms with Gasteiger partial charge in [0.1, 0.15) is 0 Å². The number of nitrogens with zero attached hydrogens (tertiary/aromatic N) is 2. The van der Waals surface area contributed by atoms with Gasteiger partial charge < -0.3 is 20.1 Å². The van der Waals surface area contributed by atoms with Crippen molar-refractivity contribution in [2.45, 2.75) is 43.4 Å². The molecular formula is C26H35N5O3S. The molecule has 2 aliphatic heterocycles. The molecule has 8 nitrogen and oxygen atoms in total. The Labute approximate surface area is 207 Å². The van der Waals surface area contributed by atoms with E-state index in [9.17, 15) is 13.2 Å². The highest BCUT2D eigenvalue weighted by Crippen LogP contribution is 2.37. The average Bonchev–Trinajstić information content (AvgIpc) is 3.37. The van der Waals surface area contributed by atoms with E-state index in [0.29, 0.717) is 16.8 Å². The Morgan fingerprint density at radius 2 is 1.89 bits per heavy atom. The molecule has 0 unspecified atom stereocenters. The number of likely N-dealkylation sites (N-methyl/N-ethyl adjacent to an activating group) is 1. The molecule has 5 rings (SSSR count). The molecule has 35 heavy (non-hydrogen) atoms. The van der Waals surface area contributed by atoms with Crippen molar-refractivity contribution >= 4 is 33.3 Å². The molecule has 0 bridgehead atoms. The van der Waals surface area contributed by atoms with Crippen LogP contribution >= 0.6 is 0 Å². The first-order valence-corrected chi connectivity index (χ1v) is 14.1. The number of rotatable bonds is 7. The van der Waals surface area contributed by atoms with Gasteiger partial charge >= 0.3 is 0 Å². The number of carbonyl (C=O) groups is 1. The van der Waals surface area contributed by atoms with E-state index in [1.807, 2.05) is 6.08 Å². The van der Waals surface area contributed by atoms with Crippen LogP contribution in [0.4, 0.5) is 5.69 Å². The van der Waals surface area contributed by atoms with Gasteiger partial charge in [0, 0.05) is 48.8 Å². The lowest BCUT2D eigenvalue weighted by Crippen LogP contribution is -2.44. The van der Waals surface area contributed by atoms with Crippen LogP contribution in [0.5, 0.6) is 0 Å². The van der Waals surface area contributed by atoms with E-state index in [-0.39, 0.29) is 10.8 Å². The zero-order chi connectivity index (χ0) is 24.6. The molecule has 3 N–H and O–H groups in total. The van der Waals surface area contributed by atoms with Crippen LogP contribution in [0, 0.1) is 0 Å². The Morgan fingerprint density at radius 1 is 1.11 bits per heavy atom. The predicted molar refractivity (Wildman–Crippen MR) is 139 cm³/mol. The van der Waals surface area contributed by atoms with E-state index in [1.165, 1.54) is 42.8 Å². The quantitative estimate of drug-likeness (QED) is 0.511. The second-order valence-corrected chi connectivity index (χ2v) is 11.7. The predicted octanol–water partition coefficient (Wildman–Crippen LogP) is 2.47. The highest BCUT2D eigenvalue weighted by Gasteiger charge is 2.28. The summed E-state index contributed by atoms with van der Waals surface area (Å²) in [4.78, 5) is 21.6. The Balaban J connectivity index is 1.44. The van der Waals surface area contributed by atoms with Crippen molar-refractivity contribution in [3.8, 4) is 0 Å². The van der Waals surface area contributed by atoms with Gasteiger partial charge in [-0.3, -0.25) is 4.79 Å². The maximum absolute atomic E-state index is 12.9. The Hall–Kier alpha value is -2.46. The number of hydrogen-bond donors (Lipinski definition) is 3. The maximum atomic E-state index is 12.9. The van der Waals surface area contributed by atoms with Gasteiger partial charge in [0.15, 0.2) is 0 Å². The summed E-state index contributed by atoms with van der Waals surface area (Å²) in [6.07, 6.45) is 8.47. The first-order valence-electron chi connectivity index (χ1n) is 12.6. The fourth-order valence-electron chi connectivity index (χ4n) is 5.48. The second kappa shape index (κ2) is 9.89. The topological polar surface area (TPSA) is 97.5 Å². The van der Waals surface area contributed by atoms with Gasteiger partial charge in [-0.05, 0) is 94.6 Å². The zero-order valence-corrected chi connectivity index (χ0v) is 21.4. The molecule has 0 spiro atoms. The lowest BCUT2D eigenvalue weighted by Gasteiger charge is -2.32. The Bertz CT molecular complexity index is 1260. The smallest absolute Gasteiger partial charge is 0.256 e. The minimum absolute atomic E-state index is 0.152. The number of carbonyl (C=O) groups excluding carboxylic acids is 1. The van der Waals surface area contributed by atoms with E-state index in [0.717, 1.165) is 64.1 Å². The first-order chi connectivity index (χ1) is 16.9. The summed E-state index contributed by atoms with van der Waals surface area (Å²) in [6.45, 7) is 5.56. The van der Waals surface area contributed by atoms with Gasteiger partial charge in [-0.1, -0.05) is 0 Å². The highest BCUT2D eigenvalue weighted by atomic mass is 32.2. The molecule has 1 aliphatic carbocycles. The molecule has 0 saturated carbocycles. The molecule has 3 aliphatic rings. The minimum atomic E-state index is -3.60. The van der Waals surface area contributed by atoms with Crippen LogP contribution in [0.15, 0.2) is 23.1 Å². The first kappa shape index (κ1) is 24.2. The number of fused-ring (bicyclic) bond motifs is 2. The van der Waals surface area contributed by atoms with E-state index in [4.69, 9.17) is 0 Å². The van der Waals surface area contributed by atoms with Gasteiger partial charge in [0.05, 0.1) is 10.5 Å². The largest absolute Gasteiger partial charge is 0.358 e. The number of benzene rings is 1. The molecule has 1 saturated heterocycles. The molecule has 1 fully saturated rings. The van der Waals surface area contributed by atoms with Crippen LogP contribution < -0.4 is 10.0 Å². The summed E-state index contributed by atoms with van der Waals surface area (Å²) in [5.74, 6) is -0.199. The average molecular weight is 498 g/mol. The summed E-state index contributed by atoms with van der Waals surface area (Å²) < 4.78 is 27.1. The van der Waals surface area contributed by atoms with Crippen molar-refractivity contribution in [2.24, 2.45) is 0 Å². The number of aryl methyl sites for hydroxylation is 1.